The molecule has 16 heavy (non-hydrogen) atoms. The van der Waals surface area contributed by atoms with Gasteiger partial charge in [0.15, 0.2) is 0 Å². The van der Waals surface area contributed by atoms with E-state index in [1.165, 1.54) is 19.3 Å². The molecule has 0 atom stereocenters. The van der Waals surface area contributed by atoms with Crippen molar-refractivity contribution in [1.82, 2.24) is 0 Å². The Hall–Kier alpha value is -1.00. The number of benzene rings is 1. The Balaban J connectivity index is 1.90. The van der Waals surface area contributed by atoms with Crippen LogP contribution in [0.5, 0.6) is 0 Å². The first-order chi connectivity index (χ1) is 7.68. The van der Waals surface area contributed by atoms with E-state index in [1.54, 1.807) is 0 Å². The molecule has 82 valence electrons. The van der Waals surface area contributed by atoms with E-state index >= 15 is 0 Å². The van der Waals surface area contributed by atoms with Gasteiger partial charge in [-0.2, -0.15) is 5.26 Å². The van der Waals surface area contributed by atoms with E-state index in [9.17, 15) is 5.26 Å². The number of hydrogen-bond acceptors (Lipinski definition) is 1. The SMILES string of the molecule is N#CC1(c2cccc(Cl)c2)CC2(CCC2)C1. The maximum absolute atomic E-state index is 9.44. The summed E-state index contributed by atoms with van der Waals surface area (Å²) in [5, 5.41) is 10.2. The zero-order chi connectivity index (χ0) is 11.2. The third-order valence-electron chi connectivity index (χ3n) is 4.36. The lowest BCUT2D eigenvalue weighted by Crippen LogP contribution is -2.52. The number of hydrogen-bond donors (Lipinski definition) is 0. The summed E-state index contributed by atoms with van der Waals surface area (Å²) in [5.74, 6) is 0. The van der Waals surface area contributed by atoms with Crippen LogP contribution in [0.4, 0.5) is 0 Å². The minimum absolute atomic E-state index is 0.245. The highest BCUT2D eigenvalue weighted by molar-refractivity contribution is 6.30. The highest BCUT2D eigenvalue weighted by Gasteiger charge is 2.58. The zero-order valence-electron chi connectivity index (χ0n) is 9.17. The largest absolute Gasteiger partial charge is 0.197 e. The van der Waals surface area contributed by atoms with E-state index in [0.717, 1.165) is 23.4 Å². The van der Waals surface area contributed by atoms with Crippen LogP contribution in [0.15, 0.2) is 24.3 Å². The third kappa shape index (κ3) is 1.30. The smallest absolute Gasteiger partial charge is 0.0833 e. The van der Waals surface area contributed by atoms with Crippen LogP contribution in [-0.2, 0) is 5.41 Å². The molecule has 0 radical (unpaired) electrons. The summed E-state index contributed by atoms with van der Waals surface area (Å²) < 4.78 is 0. The third-order valence-corrected chi connectivity index (χ3v) is 4.59. The van der Waals surface area contributed by atoms with Crippen LogP contribution in [0.3, 0.4) is 0 Å². The molecule has 1 aromatic rings. The van der Waals surface area contributed by atoms with Crippen molar-refractivity contribution in [3.63, 3.8) is 0 Å². The fourth-order valence-corrected chi connectivity index (χ4v) is 3.58. The van der Waals surface area contributed by atoms with Gasteiger partial charge in [0.05, 0.1) is 11.5 Å². The van der Waals surface area contributed by atoms with Crippen molar-refractivity contribution in [1.29, 1.82) is 5.26 Å². The molecule has 2 heteroatoms. The van der Waals surface area contributed by atoms with Gasteiger partial charge in [0.25, 0.3) is 0 Å². The van der Waals surface area contributed by atoms with Crippen molar-refractivity contribution in [3.05, 3.63) is 34.9 Å². The zero-order valence-corrected chi connectivity index (χ0v) is 9.93. The average molecular weight is 232 g/mol. The Morgan fingerprint density at radius 1 is 1.25 bits per heavy atom. The number of nitrogens with zero attached hydrogens (tertiary/aromatic N) is 1. The molecule has 0 amide bonds. The van der Waals surface area contributed by atoms with Crippen LogP contribution >= 0.6 is 11.6 Å². The van der Waals surface area contributed by atoms with E-state index < -0.39 is 0 Å². The minimum Gasteiger partial charge on any atom is -0.197 e. The first-order valence-corrected chi connectivity index (χ1v) is 6.23. The molecular formula is C14H14ClN. The molecule has 0 heterocycles. The summed E-state index contributed by atoms with van der Waals surface area (Å²) in [5.41, 5.74) is 1.38. The van der Waals surface area contributed by atoms with E-state index in [0.29, 0.717) is 5.41 Å². The normalized spacial score (nSPS) is 24.2. The maximum atomic E-state index is 9.44. The van der Waals surface area contributed by atoms with Gasteiger partial charge in [-0.05, 0) is 48.8 Å². The Bertz CT molecular complexity index is 460. The highest BCUT2D eigenvalue weighted by Crippen LogP contribution is 2.64. The van der Waals surface area contributed by atoms with E-state index in [1.807, 2.05) is 24.3 Å². The van der Waals surface area contributed by atoms with Gasteiger partial charge < -0.3 is 0 Å². The van der Waals surface area contributed by atoms with E-state index in [2.05, 4.69) is 6.07 Å². The Morgan fingerprint density at radius 2 is 2.00 bits per heavy atom. The molecule has 1 nitrogen and oxygen atoms in total. The Morgan fingerprint density at radius 3 is 2.50 bits per heavy atom. The molecule has 0 aliphatic heterocycles. The topological polar surface area (TPSA) is 23.8 Å². The standard InChI is InChI=1S/C14H14ClN/c15-12-4-1-3-11(7-12)14(10-16)8-13(9-14)5-2-6-13/h1,3-4,7H,2,5-6,8-9H2. The monoisotopic (exact) mass is 231 g/mol. The molecule has 0 aromatic heterocycles. The molecule has 0 unspecified atom stereocenters. The average Bonchev–Trinajstić information content (AvgIpc) is 2.15. The lowest BCUT2D eigenvalue weighted by Gasteiger charge is -2.58. The summed E-state index contributed by atoms with van der Waals surface area (Å²) in [7, 11) is 0. The van der Waals surface area contributed by atoms with Gasteiger partial charge in [-0.15, -0.1) is 0 Å². The van der Waals surface area contributed by atoms with Gasteiger partial charge in [0, 0.05) is 5.02 Å². The molecule has 0 N–H and O–H groups in total. The van der Waals surface area contributed by atoms with Gasteiger partial charge in [-0.25, -0.2) is 0 Å². The van der Waals surface area contributed by atoms with Crippen molar-refractivity contribution in [3.8, 4) is 6.07 Å². The lowest BCUT2D eigenvalue weighted by atomic mass is 9.44. The van der Waals surface area contributed by atoms with Crippen molar-refractivity contribution in [2.24, 2.45) is 5.41 Å². The summed E-state index contributed by atoms with van der Waals surface area (Å²) in [4.78, 5) is 0. The molecule has 2 aliphatic rings. The van der Waals surface area contributed by atoms with Crippen LogP contribution < -0.4 is 0 Å². The summed E-state index contributed by atoms with van der Waals surface area (Å²) >= 11 is 6.00. The quantitative estimate of drug-likeness (QED) is 0.715. The summed E-state index contributed by atoms with van der Waals surface area (Å²) in [6.07, 6.45) is 6.05. The number of halogens is 1. The Labute approximate surface area is 101 Å². The molecule has 1 aromatic carbocycles. The van der Waals surface area contributed by atoms with Crippen LogP contribution in [0.25, 0.3) is 0 Å². The van der Waals surface area contributed by atoms with Crippen molar-refractivity contribution in [2.45, 2.75) is 37.5 Å². The molecule has 1 spiro atoms. The molecule has 0 saturated heterocycles. The van der Waals surface area contributed by atoms with E-state index in [4.69, 9.17) is 11.6 Å². The van der Waals surface area contributed by atoms with E-state index in [-0.39, 0.29) is 5.41 Å². The fraction of sp³-hybridized carbons (Fsp3) is 0.500. The molecule has 3 rings (SSSR count). The molecule has 2 fully saturated rings. The lowest BCUT2D eigenvalue weighted by molar-refractivity contribution is -0.0227. The molecule has 2 aliphatic carbocycles. The minimum atomic E-state index is -0.245. The predicted octanol–water partition coefficient (Wildman–Crippen LogP) is 4.07. The molecule has 2 saturated carbocycles. The van der Waals surface area contributed by atoms with Gasteiger partial charge in [0.1, 0.15) is 0 Å². The highest BCUT2D eigenvalue weighted by atomic mass is 35.5. The van der Waals surface area contributed by atoms with Gasteiger partial charge in [-0.3, -0.25) is 0 Å². The van der Waals surface area contributed by atoms with Crippen molar-refractivity contribution in [2.75, 3.05) is 0 Å². The molecule has 0 bridgehead atoms. The van der Waals surface area contributed by atoms with Crippen LogP contribution in [0, 0.1) is 16.7 Å². The van der Waals surface area contributed by atoms with Gasteiger partial charge in [0.2, 0.25) is 0 Å². The van der Waals surface area contributed by atoms with Crippen LogP contribution in [-0.4, -0.2) is 0 Å². The first-order valence-electron chi connectivity index (χ1n) is 5.86. The first kappa shape index (κ1) is 10.2. The second-order valence-corrected chi connectivity index (χ2v) is 5.85. The van der Waals surface area contributed by atoms with Gasteiger partial charge in [-0.1, -0.05) is 30.2 Å². The second kappa shape index (κ2) is 3.25. The predicted molar refractivity (Wildman–Crippen MR) is 64.3 cm³/mol. The fourth-order valence-electron chi connectivity index (χ4n) is 3.39. The Kier molecular flexibility index (Phi) is 2.06. The summed E-state index contributed by atoms with van der Waals surface area (Å²) in [6.45, 7) is 0. The number of rotatable bonds is 1. The van der Waals surface area contributed by atoms with Crippen LogP contribution in [0.1, 0.15) is 37.7 Å². The summed E-state index contributed by atoms with van der Waals surface area (Å²) in [6, 6.07) is 10.3. The number of nitriles is 1. The van der Waals surface area contributed by atoms with Crippen LogP contribution in [0.2, 0.25) is 5.02 Å². The maximum Gasteiger partial charge on any atom is 0.0833 e. The molecular weight excluding hydrogens is 218 g/mol. The second-order valence-electron chi connectivity index (χ2n) is 5.41. The van der Waals surface area contributed by atoms with Crippen molar-refractivity contribution < 1.29 is 0 Å². The van der Waals surface area contributed by atoms with Crippen molar-refractivity contribution >= 4 is 11.6 Å². The van der Waals surface area contributed by atoms with Gasteiger partial charge >= 0.3 is 0 Å².